The first-order valence-corrected chi connectivity index (χ1v) is 8.54. The predicted octanol–water partition coefficient (Wildman–Crippen LogP) is 3.65. The van der Waals surface area contributed by atoms with Crippen molar-refractivity contribution in [1.82, 2.24) is 0 Å². The van der Waals surface area contributed by atoms with Crippen LogP contribution in [0.2, 0.25) is 0 Å². The Labute approximate surface area is 146 Å². The zero-order chi connectivity index (χ0) is 17.4. The molecular formula is C20H20O5. The fourth-order valence-corrected chi connectivity index (χ4v) is 3.95. The van der Waals surface area contributed by atoms with E-state index >= 15 is 0 Å². The van der Waals surface area contributed by atoms with Crippen LogP contribution in [0.15, 0.2) is 58.5 Å². The number of allylic oxidation sites excluding steroid dienone is 3. The molecule has 4 rings (SSSR count). The van der Waals surface area contributed by atoms with E-state index in [2.05, 4.69) is 13.0 Å². The lowest BCUT2D eigenvalue weighted by atomic mass is 9.68. The number of cyclic esters (lactones) is 2. The highest BCUT2D eigenvalue weighted by atomic mass is 16.5. The van der Waals surface area contributed by atoms with Crippen molar-refractivity contribution in [2.45, 2.75) is 32.3 Å². The molecule has 3 heterocycles. The van der Waals surface area contributed by atoms with Gasteiger partial charge in [0.2, 0.25) is 0 Å². The summed E-state index contributed by atoms with van der Waals surface area (Å²) in [4.78, 5) is 24.7. The Balaban J connectivity index is 1.65. The summed E-state index contributed by atoms with van der Waals surface area (Å²) in [7, 11) is 0. The number of ether oxygens (including phenoxy) is 2. The van der Waals surface area contributed by atoms with Gasteiger partial charge in [-0.25, -0.2) is 4.79 Å². The maximum absolute atomic E-state index is 12.7. The first kappa shape index (κ1) is 15.9. The van der Waals surface area contributed by atoms with Gasteiger partial charge in [0, 0.05) is 16.6 Å². The molecular weight excluding hydrogens is 320 g/mol. The summed E-state index contributed by atoms with van der Waals surface area (Å²) in [6.45, 7) is 2.40. The van der Waals surface area contributed by atoms with Crippen molar-refractivity contribution in [3.05, 3.63) is 59.6 Å². The summed E-state index contributed by atoms with van der Waals surface area (Å²) in [6, 6.07) is 1.83. The van der Waals surface area contributed by atoms with E-state index in [0.717, 1.165) is 11.1 Å². The van der Waals surface area contributed by atoms with Crippen molar-refractivity contribution in [2.75, 3.05) is 6.61 Å². The lowest BCUT2D eigenvalue weighted by molar-refractivity contribution is -0.170. The van der Waals surface area contributed by atoms with Gasteiger partial charge in [0.25, 0.3) is 0 Å². The predicted molar refractivity (Wildman–Crippen MR) is 89.3 cm³/mol. The van der Waals surface area contributed by atoms with E-state index in [4.69, 9.17) is 13.9 Å². The molecule has 0 unspecified atom stereocenters. The SMILES string of the molecule is C[C@]12/C=C\C=C\C3=C(CC[C@@H]1C(=O)O[C@@H](c1ccoc1)C2)C(=O)OC3. The summed E-state index contributed by atoms with van der Waals surface area (Å²) in [5.41, 5.74) is 2.11. The molecule has 0 bridgehead atoms. The second-order valence-corrected chi connectivity index (χ2v) is 7.08. The Morgan fingerprint density at radius 2 is 2.12 bits per heavy atom. The van der Waals surface area contributed by atoms with E-state index in [1.165, 1.54) is 0 Å². The topological polar surface area (TPSA) is 65.7 Å². The van der Waals surface area contributed by atoms with E-state index in [9.17, 15) is 9.59 Å². The van der Waals surface area contributed by atoms with E-state index in [1.807, 2.05) is 24.3 Å². The normalized spacial score (nSPS) is 34.6. The maximum Gasteiger partial charge on any atom is 0.334 e. The third-order valence-electron chi connectivity index (χ3n) is 5.44. The molecule has 1 fully saturated rings. The molecule has 1 saturated heterocycles. The molecule has 1 aromatic heterocycles. The quantitative estimate of drug-likeness (QED) is 0.730. The standard InChI is InChI=1S/C20H20O5/c1-20-8-3-2-4-13-12-24-18(21)15(13)5-6-16(20)19(22)25-17(10-20)14-7-9-23-11-14/h2-4,7-9,11,16-17H,5-6,10,12H2,1H3/b4-2+,8-3-/t16-,17-,20-/m1/s1. The Morgan fingerprint density at radius 1 is 1.24 bits per heavy atom. The summed E-state index contributed by atoms with van der Waals surface area (Å²) in [5, 5.41) is 0. The Bertz CT molecular complexity index is 783. The highest BCUT2D eigenvalue weighted by Gasteiger charge is 2.46. The number of furan rings is 1. The van der Waals surface area contributed by atoms with E-state index in [0.29, 0.717) is 31.4 Å². The minimum atomic E-state index is -0.345. The van der Waals surface area contributed by atoms with Crippen LogP contribution in [0.1, 0.15) is 37.9 Å². The molecule has 3 atom stereocenters. The number of hydrogen-bond donors (Lipinski definition) is 0. The fourth-order valence-electron chi connectivity index (χ4n) is 3.95. The van der Waals surface area contributed by atoms with Crippen LogP contribution < -0.4 is 0 Å². The van der Waals surface area contributed by atoms with Gasteiger partial charge in [0.15, 0.2) is 0 Å². The van der Waals surface area contributed by atoms with Gasteiger partial charge in [-0.15, -0.1) is 0 Å². The molecule has 5 heteroatoms. The van der Waals surface area contributed by atoms with Crippen LogP contribution in [0.5, 0.6) is 0 Å². The molecule has 0 N–H and O–H groups in total. The minimum Gasteiger partial charge on any atom is -0.472 e. The maximum atomic E-state index is 12.7. The van der Waals surface area contributed by atoms with E-state index in [1.54, 1.807) is 12.5 Å². The van der Waals surface area contributed by atoms with Gasteiger partial charge in [-0.1, -0.05) is 31.2 Å². The molecule has 0 amide bonds. The van der Waals surface area contributed by atoms with Crippen LogP contribution >= 0.6 is 0 Å². The van der Waals surface area contributed by atoms with Gasteiger partial charge in [0.1, 0.15) is 12.7 Å². The number of rotatable bonds is 1. The second kappa shape index (κ2) is 6.06. The lowest BCUT2D eigenvalue weighted by Crippen LogP contribution is -2.41. The summed E-state index contributed by atoms with van der Waals surface area (Å²) in [5.74, 6) is -0.783. The van der Waals surface area contributed by atoms with Crippen LogP contribution in [-0.4, -0.2) is 18.5 Å². The summed E-state index contributed by atoms with van der Waals surface area (Å²) in [6.07, 6.45) is 12.6. The molecule has 0 saturated carbocycles. The van der Waals surface area contributed by atoms with E-state index in [-0.39, 0.29) is 29.4 Å². The average Bonchev–Trinajstić information content (AvgIpc) is 3.22. The molecule has 0 spiro atoms. The molecule has 0 radical (unpaired) electrons. The van der Waals surface area contributed by atoms with Crippen LogP contribution in [0.25, 0.3) is 0 Å². The number of carbonyl (C=O) groups is 2. The van der Waals surface area contributed by atoms with Crippen molar-refractivity contribution >= 4 is 11.9 Å². The first-order chi connectivity index (χ1) is 12.1. The average molecular weight is 340 g/mol. The smallest absolute Gasteiger partial charge is 0.334 e. The third-order valence-corrected chi connectivity index (χ3v) is 5.44. The third kappa shape index (κ3) is 2.84. The zero-order valence-electron chi connectivity index (χ0n) is 14.1. The number of carbonyl (C=O) groups excluding carboxylic acids is 2. The first-order valence-electron chi connectivity index (χ1n) is 8.54. The lowest BCUT2D eigenvalue weighted by Gasteiger charge is -2.41. The molecule has 5 nitrogen and oxygen atoms in total. The van der Waals surface area contributed by atoms with Gasteiger partial charge in [0.05, 0.1) is 18.4 Å². The minimum absolute atomic E-state index is 0.220. The molecule has 130 valence electrons. The zero-order valence-corrected chi connectivity index (χ0v) is 14.1. The number of fused-ring (bicyclic) bond motifs is 1. The van der Waals surface area contributed by atoms with Gasteiger partial charge in [-0.3, -0.25) is 4.79 Å². The van der Waals surface area contributed by atoms with Crippen molar-refractivity contribution in [1.29, 1.82) is 0 Å². The van der Waals surface area contributed by atoms with Gasteiger partial charge < -0.3 is 13.9 Å². The van der Waals surface area contributed by atoms with Crippen molar-refractivity contribution in [3.8, 4) is 0 Å². The Morgan fingerprint density at radius 3 is 2.92 bits per heavy atom. The highest BCUT2D eigenvalue weighted by Crippen LogP contribution is 2.48. The molecule has 2 aliphatic heterocycles. The second-order valence-electron chi connectivity index (χ2n) is 7.08. The Kier molecular flexibility index (Phi) is 3.86. The number of esters is 2. The van der Waals surface area contributed by atoms with Gasteiger partial charge in [-0.2, -0.15) is 0 Å². The molecule has 3 aliphatic rings. The molecule has 1 aromatic rings. The number of hydrogen-bond acceptors (Lipinski definition) is 5. The highest BCUT2D eigenvalue weighted by molar-refractivity contribution is 5.92. The monoisotopic (exact) mass is 340 g/mol. The van der Waals surface area contributed by atoms with Crippen molar-refractivity contribution in [2.24, 2.45) is 11.3 Å². The van der Waals surface area contributed by atoms with Crippen molar-refractivity contribution in [3.63, 3.8) is 0 Å². The summed E-state index contributed by atoms with van der Waals surface area (Å²) < 4.78 is 16.0. The largest absolute Gasteiger partial charge is 0.472 e. The van der Waals surface area contributed by atoms with Crippen LogP contribution in [0.3, 0.4) is 0 Å². The van der Waals surface area contributed by atoms with Gasteiger partial charge in [-0.05, 0) is 30.9 Å². The fraction of sp³-hybridized carbons (Fsp3) is 0.400. The summed E-state index contributed by atoms with van der Waals surface area (Å²) >= 11 is 0. The molecule has 1 aliphatic carbocycles. The van der Waals surface area contributed by atoms with E-state index < -0.39 is 0 Å². The Hall–Kier alpha value is -2.56. The molecule has 0 aromatic carbocycles. The van der Waals surface area contributed by atoms with Gasteiger partial charge >= 0.3 is 11.9 Å². The van der Waals surface area contributed by atoms with Crippen LogP contribution in [0.4, 0.5) is 0 Å². The van der Waals surface area contributed by atoms with Crippen LogP contribution in [-0.2, 0) is 19.1 Å². The van der Waals surface area contributed by atoms with Crippen LogP contribution in [0, 0.1) is 11.3 Å². The molecule has 25 heavy (non-hydrogen) atoms. The van der Waals surface area contributed by atoms with Crippen molar-refractivity contribution < 1.29 is 23.5 Å².